The van der Waals surface area contributed by atoms with E-state index in [-0.39, 0.29) is 11.9 Å². The number of aliphatic hydroxyl groups is 1. The number of benzene rings is 2. The Kier molecular flexibility index (Phi) is 14.5. The quantitative estimate of drug-likeness (QED) is 0.218. The lowest BCUT2D eigenvalue weighted by molar-refractivity contribution is 0.282. The van der Waals surface area contributed by atoms with Crippen LogP contribution >= 0.6 is 57.5 Å². The molecule has 35 heavy (non-hydrogen) atoms. The SMILES string of the molecule is Cc1nc(CCc2ccc(CCl)cc2)cs1.Cc1nc(CCc2ccc(CO)cc2)cs1.ClCCl. The zero-order chi connectivity index (χ0) is 25.5. The molecule has 0 aliphatic heterocycles. The molecule has 0 spiro atoms. The van der Waals surface area contributed by atoms with Crippen LogP contribution in [0.25, 0.3) is 0 Å². The molecule has 0 atom stereocenters. The Bertz CT molecular complexity index is 1010. The van der Waals surface area contributed by atoms with Crippen LogP contribution < -0.4 is 0 Å². The molecule has 0 aliphatic carbocycles. The summed E-state index contributed by atoms with van der Waals surface area (Å²) in [6, 6.07) is 16.6. The molecule has 0 saturated carbocycles. The van der Waals surface area contributed by atoms with Crippen molar-refractivity contribution in [2.24, 2.45) is 0 Å². The van der Waals surface area contributed by atoms with Gasteiger partial charge in [-0.25, -0.2) is 9.97 Å². The molecule has 188 valence electrons. The van der Waals surface area contributed by atoms with Crippen molar-refractivity contribution in [2.45, 2.75) is 52.0 Å². The number of hydrogen-bond acceptors (Lipinski definition) is 5. The highest BCUT2D eigenvalue weighted by Gasteiger charge is 2.01. The number of aromatic nitrogens is 2. The van der Waals surface area contributed by atoms with Gasteiger partial charge in [0.2, 0.25) is 0 Å². The van der Waals surface area contributed by atoms with Crippen molar-refractivity contribution in [2.75, 3.05) is 5.34 Å². The number of thiazole rings is 2. The topological polar surface area (TPSA) is 46.0 Å². The Morgan fingerprint density at radius 3 is 1.31 bits per heavy atom. The van der Waals surface area contributed by atoms with E-state index in [2.05, 4.69) is 57.1 Å². The van der Waals surface area contributed by atoms with Crippen molar-refractivity contribution in [3.05, 3.63) is 103 Å². The second kappa shape index (κ2) is 17.1. The molecule has 3 nitrogen and oxygen atoms in total. The van der Waals surface area contributed by atoms with Gasteiger partial charge in [-0.05, 0) is 61.8 Å². The van der Waals surface area contributed by atoms with Crippen LogP contribution in [0.2, 0.25) is 0 Å². The summed E-state index contributed by atoms with van der Waals surface area (Å²) in [6.45, 7) is 4.19. The van der Waals surface area contributed by atoms with Gasteiger partial charge < -0.3 is 5.11 Å². The van der Waals surface area contributed by atoms with Crippen LogP contribution in [0, 0.1) is 13.8 Å². The van der Waals surface area contributed by atoms with Crippen LogP contribution in [0.15, 0.2) is 59.3 Å². The van der Waals surface area contributed by atoms with Crippen molar-refractivity contribution >= 4 is 57.5 Å². The van der Waals surface area contributed by atoms with Crippen molar-refractivity contribution in [3.63, 3.8) is 0 Å². The lowest BCUT2D eigenvalue weighted by Crippen LogP contribution is -1.92. The van der Waals surface area contributed by atoms with E-state index >= 15 is 0 Å². The molecular formula is C27H31Cl3N2OS2. The maximum atomic E-state index is 8.93. The average Bonchev–Trinajstić information content (AvgIpc) is 3.50. The van der Waals surface area contributed by atoms with Crippen LogP contribution in [0.3, 0.4) is 0 Å². The summed E-state index contributed by atoms with van der Waals surface area (Å²) in [5.74, 6) is 0.589. The third-order valence-corrected chi connectivity index (χ3v) is 7.01. The molecule has 4 rings (SSSR count). The van der Waals surface area contributed by atoms with Crippen molar-refractivity contribution < 1.29 is 5.11 Å². The summed E-state index contributed by atoms with van der Waals surface area (Å²) >= 11 is 18.7. The Morgan fingerprint density at radius 1 is 0.629 bits per heavy atom. The summed E-state index contributed by atoms with van der Waals surface area (Å²) in [6.07, 6.45) is 4.06. The van der Waals surface area contributed by atoms with Gasteiger partial charge in [0.1, 0.15) is 0 Å². The first-order valence-electron chi connectivity index (χ1n) is 11.2. The van der Waals surface area contributed by atoms with Crippen molar-refractivity contribution in [3.8, 4) is 0 Å². The first-order valence-corrected chi connectivity index (χ1v) is 14.6. The molecule has 0 bridgehead atoms. The number of nitrogens with zero attached hydrogens (tertiary/aromatic N) is 2. The van der Waals surface area contributed by atoms with Crippen LogP contribution in [0.1, 0.15) is 43.7 Å². The molecule has 2 heterocycles. The van der Waals surface area contributed by atoms with Gasteiger partial charge in [0.05, 0.1) is 33.3 Å². The average molecular weight is 570 g/mol. The van der Waals surface area contributed by atoms with E-state index in [4.69, 9.17) is 39.9 Å². The fraction of sp³-hybridized carbons (Fsp3) is 0.333. The molecule has 2 aromatic carbocycles. The van der Waals surface area contributed by atoms with Gasteiger partial charge >= 0.3 is 0 Å². The van der Waals surface area contributed by atoms with Crippen LogP contribution in [0.4, 0.5) is 0 Å². The summed E-state index contributed by atoms with van der Waals surface area (Å²) in [4.78, 5) is 8.89. The predicted octanol–water partition coefficient (Wildman–Crippen LogP) is 8.13. The Balaban J connectivity index is 0.000000222. The fourth-order valence-electron chi connectivity index (χ4n) is 3.20. The minimum absolute atomic E-state index is 0.117. The van der Waals surface area contributed by atoms with E-state index < -0.39 is 0 Å². The third kappa shape index (κ3) is 11.9. The first-order chi connectivity index (χ1) is 17.0. The summed E-state index contributed by atoms with van der Waals surface area (Å²) in [5, 5.41) is 15.7. The van der Waals surface area contributed by atoms with Crippen LogP contribution in [-0.4, -0.2) is 20.4 Å². The highest BCUT2D eigenvalue weighted by molar-refractivity contribution is 7.09. The van der Waals surface area contributed by atoms with E-state index in [0.717, 1.165) is 41.3 Å². The zero-order valence-electron chi connectivity index (χ0n) is 20.0. The molecule has 4 aromatic rings. The molecule has 0 aliphatic rings. The van der Waals surface area contributed by atoms with Gasteiger partial charge in [0.15, 0.2) is 0 Å². The second-order valence-electron chi connectivity index (χ2n) is 7.74. The molecule has 1 N–H and O–H groups in total. The van der Waals surface area contributed by atoms with Gasteiger partial charge in [-0.1, -0.05) is 48.5 Å². The molecule has 0 saturated heterocycles. The zero-order valence-corrected chi connectivity index (χ0v) is 23.9. The van der Waals surface area contributed by atoms with Gasteiger partial charge in [-0.3, -0.25) is 0 Å². The van der Waals surface area contributed by atoms with Crippen LogP contribution in [-0.2, 0) is 38.2 Å². The molecular weight excluding hydrogens is 539 g/mol. The van der Waals surface area contributed by atoms with Gasteiger partial charge in [0.25, 0.3) is 0 Å². The minimum atomic E-state index is 0.117. The Labute approximate surface area is 231 Å². The molecule has 8 heteroatoms. The number of alkyl halides is 3. The highest BCUT2D eigenvalue weighted by atomic mass is 35.5. The normalized spacial score (nSPS) is 10.2. The maximum absolute atomic E-state index is 8.93. The van der Waals surface area contributed by atoms with E-state index in [1.807, 2.05) is 26.0 Å². The largest absolute Gasteiger partial charge is 0.392 e. The van der Waals surface area contributed by atoms with E-state index in [0.29, 0.717) is 5.88 Å². The molecule has 0 unspecified atom stereocenters. The maximum Gasteiger partial charge on any atom is 0.0967 e. The molecule has 2 aromatic heterocycles. The van der Waals surface area contributed by atoms with Crippen LogP contribution in [0.5, 0.6) is 0 Å². The predicted molar refractivity (Wildman–Crippen MR) is 153 cm³/mol. The highest BCUT2D eigenvalue weighted by Crippen LogP contribution is 2.14. The number of hydrogen-bond donors (Lipinski definition) is 1. The molecule has 0 fully saturated rings. The van der Waals surface area contributed by atoms with Gasteiger partial charge in [-0.15, -0.1) is 57.5 Å². The number of aryl methyl sites for hydroxylation is 6. The van der Waals surface area contributed by atoms with Crippen molar-refractivity contribution in [1.82, 2.24) is 9.97 Å². The minimum Gasteiger partial charge on any atom is -0.392 e. The monoisotopic (exact) mass is 568 g/mol. The summed E-state index contributed by atoms with van der Waals surface area (Å²) in [7, 11) is 0. The summed E-state index contributed by atoms with van der Waals surface area (Å²) < 4.78 is 0. The van der Waals surface area contributed by atoms with E-state index in [9.17, 15) is 0 Å². The smallest absolute Gasteiger partial charge is 0.0967 e. The summed E-state index contributed by atoms with van der Waals surface area (Å²) in [5.41, 5.74) is 7.16. The molecule has 0 radical (unpaired) electrons. The number of aliphatic hydroxyl groups excluding tert-OH is 1. The standard InChI is InChI=1S/C13H14ClNS.C13H15NOS.CH2Cl2/c1-10-15-13(9-16-10)7-6-11-2-4-12(8-14)5-3-11;1-10-14-13(9-16-10)7-6-11-2-4-12(8-15)5-3-11;2-1-3/h2-5,9H,6-8H2,1H3;2-5,9,15H,6-8H2,1H3;1H2. The fourth-order valence-corrected chi connectivity index (χ4v) is 4.67. The van der Waals surface area contributed by atoms with E-state index in [1.165, 1.54) is 28.1 Å². The lowest BCUT2D eigenvalue weighted by atomic mass is 10.1. The third-order valence-electron chi connectivity index (χ3n) is 5.06. The number of halogens is 3. The van der Waals surface area contributed by atoms with Gasteiger partial charge in [-0.2, -0.15) is 0 Å². The molecule has 0 amide bonds. The van der Waals surface area contributed by atoms with Gasteiger partial charge in [0, 0.05) is 16.6 Å². The first kappa shape index (κ1) is 29.8. The van der Waals surface area contributed by atoms with E-state index in [1.54, 1.807) is 22.7 Å². The number of rotatable bonds is 8. The lowest BCUT2D eigenvalue weighted by Gasteiger charge is -2.01. The second-order valence-corrected chi connectivity index (χ2v) is 10.9. The van der Waals surface area contributed by atoms with Crippen molar-refractivity contribution in [1.29, 1.82) is 0 Å². The Morgan fingerprint density at radius 2 is 1.00 bits per heavy atom. The Hall–Kier alpha value is -1.47.